The molecule has 0 aliphatic carbocycles. The van der Waals surface area contributed by atoms with Crippen LogP contribution in [0.5, 0.6) is 0 Å². The van der Waals surface area contributed by atoms with Gasteiger partial charge in [0.15, 0.2) is 5.11 Å². The molecule has 2 N–H and O–H groups in total. The van der Waals surface area contributed by atoms with E-state index in [9.17, 15) is 4.79 Å². The largest absolute Gasteiger partial charge is 0.352 e. The summed E-state index contributed by atoms with van der Waals surface area (Å²) >= 11 is 12.4. The SMILES string of the molecule is Cc1c(Cl)cccc1-n1c(C)cc([C@@H]2[C@@H](c3ccccn3)NC(=S)N2CCC(=O)Nc2cccc3ccccc23)c1C. The Morgan fingerprint density at radius 1 is 1.00 bits per heavy atom. The van der Waals surface area contributed by atoms with Gasteiger partial charge in [-0.2, -0.15) is 0 Å². The van der Waals surface area contributed by atoms with Gasteiger partial charge in [0.05, 0.1) is 17.8 Å². The van der Waals surface area contributed by atoms with Gasteiger partial charge in [-0.1, -0.05) is 60.1 Å². The lowest BCUT2D eigenvalue weighted by atomic mass is 9.96. The molecule has 2 atom stereocenters. The maximum atomic E-state index is 13.3. The molecule has 1 aliphatic rings. The predicted molar refractivity (Wildman–Crippen MR) is 174 cm³/mol. The molecular weight excluding hydrogens is 562 g/mol. The fourth-order valence-corrected chi connectivity index (χ4v) is 6.55. The second-order valence-electron chi connectivity index (χ2n) is 10.7. The Hall–Kier alpha value is -4.20. The lowest BCUT2D eigenvalue weighted by molar-refractivity contribution is -0.116. The molecule has 8 heteroatoms. The van der Waals surface area contributed by atoms with Crippen molar-refractivity contribution in [2.45, 2.75) is 39.3 Å². The summed E-state index contributed by atoms with van der Waals surface area (Å²) in [5.74, 6) is -0.0609. The molecule has 42 heavy (non-hydrogen) atoms. The number of aromatic nitrogens is 2. The molecule has 0 bridgehead atoms. The molecule has 3 heterocycles. The van der Waals surface area contributed by atoms with Crippen LogP contribution in [-0.2, 0) is 4.79 Å². The van der Waals surface area contributed by atoms with E-state index >= 15 is 0 Å². The molecule has 212 valence electrons. The van der Waals surface area contributed by atoms with Crippen LogP contribution in [0.4, 0.5) is 5.69 Å². The van der Waals surface area contributed by atoms with E-state index in [1.165, 1.54) is 0 Å². The lowest BCUT2D eigenvalue weighted by Gasteiger charge is -2.28. The van der Waals surface area contributed by atoms with Crippen LogP contribution in [0.15, 0.2) is 91.1 Å². The zero-order chi connectivity index (χ0) is 29.4. The minimum atomic E-state index is -0.172. The molecule has 1 saturated heterocycles. The third-order valence-electron chi connectivity index (χ3n) is 8.11. The van der Waals surface area contributed by atoms with Crippen LogP contribution >= 0.6 is 23.8 Å². The summed E-state index contributed by atoms with van der Waals surface area (Å²) in [5.41, 5.74) is 7.10. The van der Waals surface area contributed by atoms with Crippen LogP contribution in [-0.4, -0.2) is 32.0 Å². The summed E-state index contributed by atoms with van der Waals surface area (Å²) in [6.07, 6.45) is 2.08. The Kier molecular flexibility index (Phi) is 7.71. The van der Waals surface area contributed by atoms with Crippen molar-refractivity contribution in [2.75, 3.05) is 11.9 Å². The molecule has 6 rings (SSSR count). The maximum Gasteiger partial charge on any atom is 0.226 e. The fourth-order valence-electron chi connectivity index (χ4n) is 6.05. The Labute approximate surface area is 256 Å². The van der Waals surface area contributed by atoms with E-state index < -0.39 is 0 Å². The molecule has 6 nitrogen and oxygen atoms in total. The Morgan fingerprint density at radius 3 is 2.57 bits per heavy atom. The number of aryl methyl sites for hydroxylation is 1. The van der Waals surface area contributed by atoms with Crippen LogP contribution in [0.1, 0.15) is 46.7 Å². The topological polar surface area (TPSA) is 62.2 Å². The Bertz CT molecular complexity index is 1800. The smallest absolute Gasteiger partial charge is 0.226 e. The summed E-state index contributed by atoms with van der Waals surface area (Å²) in [7, 11) is 0. The summed E-state index contributed by atoms with van der Waals surface area (Å²) in [5, 5.41) is 10.1. The van der Waals surface area contributed by atoms with Crippen molar-refractivity contribution >= 4 is 51.3 Å². The average molecular weight is 594 g/mol. The Balaban J connectivity index is 1.33. The van der Waals surface area contributed by atoms with Gasteiger partial charge in [0.25, 0.3) is 0 Å². The molecular formula is C34H32ClN5OS. The van der Waals surface area contributed by atoms with Crippen LogP contribution < -0.4 is 10.6 Å². The first-order chi connectivity index (χ1) is 20.3. The molecule has 2 aromatic heterocycles. The number of benzene rings is 3. The van der Waals surface area contributed by atoms with Crippen molar-refractivity contribution in [1.29, 1.82) is 0 Å². The van der Waals surface area contributed by atoms with Crippen molar-refractivity contribution < 1.29 is 4.79 Å². The number of amides is 1. The molecule has 0 radical (unpaired) electrons. The van der Waals surface area contributed by atoms with E-state index in [-0.39, 0.29) is 24.4 Å². The third-order valence-corrected chi connectivity index (χ3v) is 8.87. The highest BCUT2D eigenvalue weighted by atomic mass is 35.5. The second-order valence-corrected chi connectivity index (χ2v) is 11.5. The van der Waals surface area contributed by atoms with Gasteiger partial charge in [-0.3, -0.25) is 9.78 Å². The molecule has 0 saturated carbocycles. The lowest BCUT2D eigenvalue weighted by Crippen LogP contribution is -2.33. The Morgan fingerprint density at radius 2 is 1.76 bits per heavy atom. The number of carbonyl (C=O) groups is 1. The van der Waals surface area contributed by atoms with Gasteiger partial charge in [-0.25, -0.2) is 0 Å². The molecule has 1 fully saturated rings. The van der Waals surface area contributed by atoms with Crippen molar-refractivity contribution in [3.05, 3.63) is 124 Å². The number of fused-ring (bicyclic) bond motifs is 1. The van der Waals surface area contributed by atoms with Gasteiger partial charge in [0.1, 0.15) is 0 Å². The number of nitrogens with one attached hydrogen (secondary N) is 2. The van der Waals surface area contributed by atoms with Crippen LogP contribution in [0.25, 0.3) is 16.5 Å². The third kappa shape index (κ3) is 5.14. The minimum absolute atomic E-state index is 0.0609. The number of hydrogen-bond donors (Lipinski definition) is 2. The average Bonchev–Trinajstić information content (AvgIpc) is 3.48. The van der Waals surface area contributed by atoms with E-state index in [1.54, 1.807) is 6.20 Å². The number of carbonyl (C=O) groups excluding carboxylic acids is 1. The van der Waals surface area contributed by atoms with E-state index in [2.05, 4.69) is 51.1 Å². The second kappa shape index (κ2) is 11.6. The predicted octanol–water partition coefficient (Wildman–Crippen LogP) is 7.61. The highest BCUT2D eigenvalue weighted by Crippen LogP contribution is 2.42. The van der Waals surface area contributed by atoms with E-state index in [4.69, 9.17) is 23.8 Å². The zero-order valence-corrected chi connectivity index (χ0v) is 25.3. The van der Waals surface area contributed by atoms with E-state index in [0.29, 0.717) is 11.7 Å². The fraction of sp³-hybridized carbons (Fsp3) is 0.206. The molecule has 0 spiro atoms. The highest BCUT2D eigenvalue weighted by Gasteiger charge is 2.41. The number of halogens is 1. The summed E-state index contributed by atoms with van der Waals surface area (Å²) in [4.78, 5) is 20.1. The van der Waals surface area contributed by atoms with Crippen molar-refractivity contribution in [3.63, 3.8) is 0 Å². The summed E-state index contributed by atoms with van der Waals surface area (Å²) in [6.45, 7) is 6.73. The summed E-state index contributed by atoms with van der Waals surface area (Å²) in [6, 6.07) is 27.8. The number of pyridine rings is 1. The molecule has 3 aromatic carbocycles. The van der Waals surface area contributed by atoms with Gasteiger partial charge in [-0.15, -0.1) is 0 Å². The minimum Gasteiger partial charge on any atom is -0.352 e. The first-order valence-electron chi connectivity index (χ1n) is 14.0. The van der Waals surface area contributed by atoms with Crippen molar-refractivity contribution in [3.8, 4) is 5.69 Å². The van der Waals surface area contributed by atoms with Crippen LogP contribution in [0.3, 0.4) is 0 Å². The number of anilines is 1. The first kappa shape index (κ1) is 27.9. The molecule has 1 amide bonds. The molecule has 1 aliphatic heterocycles. The standard InChI is InChI=1S/C34H32ClN5OS/c1-21-20-26(23(3)40(21)30-16-9-13-27(35)22(30)2)33-32(29-14-6-7-18-36-29)38-34(42)39(33)19-17-31(41)37-28-15-8-11-24-10-4-5-12-25(24)28/h4-16,18,20,32-33H,17,19H2,1-3H3,(H,37,41)(H,38,42)/t32-,33-/m1/s1. The van der Waals surface area contributed by atoms with Gasteiger partial charge >= 0.3 is 0 Å². The number of rotatable bonds is 7. The van der Waals surface area contributed by atoms with Crippen LogP contribution in [0, 0.1) is 20.8 Å². The maximum absolute atomic E-state index is 13.3. The number of thiocarbonyl (C=S) groups is 1. The van der Waals surface area contributed by atoms with E-state index in [0.717, 1.165) is 55.4 Å². The van der Waals surface area contributed by atoms with Crippen molar-refractivity contribution in [1.82, 2.24) is 19.8 Å². The van der Waals surface area contributed by atoms with Crippen LogP contribution in [0.2, 0.25) is 5.02 Å². The van der Waals surface area contributed by atoms with E-state index in [1.807, 2.05) is 79.7 Å². The molecule has 5 aromatic rings. The zero-order valence-electron chi connectivity index (χ0n) is 23.8. The van der Waals surface area contributed by atoms with Crippen molar-refractivity contribution in [2.24, 2.45) is 0 Å². The van der Waals surface area contributed by atoms with Gasteiger partial charge in [0.2, 0.25) is 5.91 Å². The van der Waals surface area contributed by atoms with Gasteiger partial charge in [0, 0.05) is 52.3 Å². The molecule has 0 unspecified atom stereocenters. The quantitative estimate of drug-likeness (QED) is 0.190. The number of nitrogens with zero attached hydrogens (tertiary/aromatic N) is 3. The first-order valence-corrected chi connectivity index (χ1v) is 14.8. The van der Waals surface area contributed by atoms with Gasteiger partial charge < -0.3 is 20.1 Å². The van der Waals surface area contributed by atoms with Gasteiger partial charge in [-0.05, 0) is 85.9 Å². The summed E-state index contributed by atoms with van der Waals surface area (Å²) < 4.78 is 2.25. The monoisotopic (exact) mass is 593 g/mol. The highest BCUT2D eigenvalue weighted by molar-refractivity contribution is 7.80. The normalized spacial score (nSPS) is 16.6. The number of hydrogen-bond acceptors (Lipinski definition) is 3.